The normalized spacial score (nSPS) is 11.1. The molecule has 0 atom stereocenters. The maximum atomic E-state index is 12.9. The van der Waals surface area contributed by atoms with Gasteiger partial charge in [-0.25, -0.2) is 9.97 Å². The number of halogens is 2. The highest BCUT2D eigenvalue weighted by atomic mass is 35.5. The number of anilines is 1. The summed E-state index contributed by atoms with van der Waals surface area (Å²) in [6.07, 6.45) is 0. The van der Waals surface area contributed by atoms with E-state index in [1.165, 1.54) is 4.90 Å². The Balaban J connectivity index is 1.20. The van der Waals surface area contributed by atoms with Crippen molar-refractivity contribution >= 4 is 74.5 Å². The summed E-state index contributed by atoms with van der Waals surface area (Å²) in [5, 5.41) is 4.66. The average molecular weight is 596 g/mol. The third-order valence-corrected chi connectivity index (χ3v) is 7.74. The molecule has 11 heteroatoms. The van der Waals surface area contributed by atoms with Crippen LogP contribution in [0, 0.1) is 6.92 Å². The van der Waals surface area contributed by atoms with Crippen LogP contribution in [0.5, 0.6) is 5.75 Å². The molecule has 40 heavy (non-hydrogen) atoms. The maximum absolute atomic E-state index is 12.9. The lowest BCUT2D eigenvalue weighted by Crippen LogP contribution is -2.39. The minimum atomic E-state index is -0.356. The summed E-state index contributed by atoms with van der Waals surface area (Å²) in [5.41, 5.74) is 3.95. The van der Waals surface area contributed by atoms with Gasteiger partial charge in [0.2, 0.25) is 11.8 Å². The topological polar surface area (TPSA) is 97.6 Å². The first-order valence-electron chi connectivity index (χ1n) is 12.3. The van der Waals surface area contributed by atoms with Gasteiger partial charge in [-0.2, -0.15) is 0 Å². The summed E-state index contributed by atoms with van der Waals surface area (Å²) in [5.74, 6) is -0.0360. The molecule has 5 aromatic rings. The molecule has 0 spiro atoms. The van der Waals surface area contributed by atoms with Crippen LogP contribution in [0.1, 0.15) is 11.3 Å². The molecule has 0 bridgehead atoms. The van der Waals surface area contributed by atoms with Crippen LogP contribution in [0.15, 0.2) is 76.4 Å². The Kier molecular flexibility index (Phi) is 8.44. The Hall–Kier alpha value is -3.79. The first-order valence-corrected chi connectivity index (χ1v) is 14.0. The molecule has 204 valence electrons. The van der Waals surface area contributed by atoms with E-state index in [1.807, 2.05) is 61.5 Å². The number of para-hydroxylation sites is 3. The number of nitrogens with zero attached hydrogens (tertiary/aromatic N) is 3. The number of rotatable bonds is 9. The van der Waals surface area contributed by atoms with E-state index in [2.05, 4.69) is 15.3 Å². The second-order valence-electron chi connectivity index (χ2n) is 8.89. The van der Waals surface area contributed by atoms with Crippen LogP contribution in [-0.2, 0) is 16.2 Å². The van der Waals surface area contributed by atoms with Crippen molar-refractivity contribution in [1.29, 1.82) is 0 Å². The fraction of sp³-hybridized carbons (Fsp3) is 0.172. The number of carbonyl (C=O) groups excluding carboxylic acids is 2. The van der Waals surface area contributed by atoms with Gasteiger partial charge in [0, 0.05) is 28.7 Å². The van der Waals surface area contributed by atoms with Crippen molar-refractivity contribution in [3.8, 4) is 5.75 Å². The van der Waals surface area contributed by atoms with Gasteiger partial charge in [-0.15, -0.1) is 0 Å². The fourth-order valence-corrected chi connectivity index (χ4v) is 5.25. The Labute approximate surface area is 244 Å². The lowest BCUT2D eigenvalue weighted by Gasteiger charge is -2.21. The number of aromatic nitrogens is 2. The Bertz CT molecular complexity index is 1690. The second kappa shape index (κ2) is 12.2. The van der Waals surface area contributed by atoms with E-state index < -0.39 is 0 Å². The number of benzene rings is 3. The standard InChI is InChI=1S/C29H24Cl2N4O4S/c1-17-10-11-18-6-5-9-24(28(18)33-17)38-15-19-20(30)12-13-22(27(19)31)35(2)26(37)14-32-25(36)16-40-29-34-21-7-3-4-8-23(21)39-29/h3-13H,14-16H2,1-2H3,(H,32,36). The fourth-order valence-electron chi connectivity index (χ4n) is 3.98. The van der Waals surface area contributed by atoms with Crippen LogP contribution < -0.4 is 15.0 Å². The summed E-state index contributed by atoms with van der Waals surface area (Å²) in [7, 11) is 1.58. The lowest BCUT2D eigenvalue weighted by molar-refractivity contribution is -0.123. The number of fused-ring (bicyclic) bond motifs is 2. The van der Waals surface area contributed by atoms with Gasteiger partial charge in [-0.3, -0.25) is 9.59 Å². The number of hydrogen-bond acceptors (Lipinski definition) is 7. The van der Waals surface area contributed by atoms with Crippen molar-refractivity contribution in [2.75, 3.05) is 24.2 Å². The van der Waals surface area contributed by atoms with Crippen molar-refractivity contribution in [3.05, 3.63) is 88.0 Å². The van der Waals surface area contributed by atoms with Crippen molar-refractivity contribution in [2.45, 2.75) is 18.8 Å². The zero-order chi connectivity index (χ0) is 28.2. The number of pyridine rings is 1. The minimum Gasteiger partial charge on any atom is -0.487 e. The largest absolute Gasteiger partial charge is 0.487 e. The monoisotopic (exact) mass is 594 g/mol. The molecule has 0 saturated carbocycles. The highest BCUT2D eigenvalue weighted by molar-refractivity contribution is 7.99. The molecule has 2 heterocycles. The molecule has 3 aromatic carbocycles. The minimum absolute atomic E-state index is 0.0511. The first-order chi connectivity index (χ1) is 19.3. The number of ether oxygens (including phenoxy) is 1. The van der Waals surface area contributed by atoms with Crippen molar-refractivity contribution in [1.82, 2.24) is 15.3 Å². The predicted molar refractivity (Wildman–Crippen MR) is 158 cm³/mol. The Morgan fingerprint density at radius 3 is 2.67 bits per heavy atom. The van der Waals surface area contributed by atoms with E-state index in [0.717, 1.165) is 33.9 Å². The second-order valence-corrected chi connectivity index (χ2v) is 10.6. The smallest absolute Gasteiger partial charge is 0.257 e. The number of hydrogen-bond donors (Lipinski definition) is 1. The van der Waals surface area contributed by atoms with E-state index >= 15 is 0 Å². The third kappa shape index (κ3) is 6.17. The van der Waals surface area contributed by atoms with Gasteiger partial charge in [0.1, 0.15) is 23.4 Å². The summed E-state index contributed by atoms with van der Waals surface area (Å²) in [6.45, 7) is 1.78. The predicted octanol–water partition coefficient (Wildman–Crippen LogP) is 6.44. The lowest BCUT2D eigenvalue weighted by atomic mass is 10.1. The van der Waals surface area contributed by atoms with E-state index in [1.54, 1.807) is 19.2 Å². The average Bonchev–Trinajstić information content (AvgIpc) is 3.37. The molecule has 8 nitrogen and oxygen atoms in total. The van der Waals surface area contributed by atoms with Crippen LogP contribution in [0.3, 0.4) is 0 Å². The molecule has 0 aliphatic carbocycles. The highest BCUT2D eigenvalue weighted by Gasteiger charge is 2.20. The molecule has 1 N–H and O–H groups in total. The first kappa shape index (κ1) is 27.8. The number of thioether (sulfide) groups is 1. The third-order valence-electron chi connectivity index (χ3n) is 6.13. The van der Waals surface area contributed by atoms with Gasteiger partial charge in [0.25, 0.3) is 5.22 Å². The van der Waals surface area contributed by atoms with Crippen molar-refractivity contribution in [3.63, 3.8) is 0 Å². The molecule has 0 radical (unpaired) electrons. The van der Waals surface area contributed by atoms with Crippen LogP contribution >= 0.6 is 35.0 Å². The number of aryl methyl sites for hydroxylation is 1. The van der Waals surface area contributed by atoms with E-state index in [-0.39, 0.29) is 35.7 Å². The molecule has 2 aromatic heterocycles. The zero-order valence-corrected chi connectivity index (χ0v) is 23.9. The van der Waals surface area contributed by atoms with E-state index in [9.17, 15) is 9.59 Å². The summed E-state index contributed by atoms with van der Waals surface area (Å²) >= 11 is 14.3. The number of amides is 2. The number of likely N-dealkylation sites (N-methyl/N-ethyl adjacent to an activating group) is 1. The van der Waals surface area contributed by atoms with Crippen molar-refractivity contribution < 1.29 is 18.7 Å². The Morgan fingerprint density at radius 2 is 1.85 bits per heavy atom. The molecule has 0 unspecified atom stereocenters. The Morgan fingerprint density at radius 1 is 1.02 bits per heavy atom. The molecule has 0 aliphatic rings. The number of oxazole rings is 1. The molecule has 5 rings (SSSR count). The van der Waals surface area contributed by atoms with Gasteiger partial charge in [-0.05, 0) is 43.3 Å². The van der Waals surface area contributed by atoms with Crippen LogP contribution in [0.4, 0.5) is 5.69 Å². The van der Waals surface area contributed by atoms with Gasteiger partial charge < -0.3 is 19.4 Å². The molecule has 0 saturated heterocycles. The zero-order valence-electron chi connectivity index (χ0n) is 21.6. The molecular weight excluding hydrogens is 571 g/mol. The summed E-state index contributed by atoms with van der Waals surface area (Å²) in [6, 6.07) is 20.3. The van der Waals surface area contributed by atoms with E-state index in [4.69, 9.17) is 32.4 Å². The molecule has 0 fully saturated rings. The van der Waals surface area contributed by atoms with Gasteiger partial charge >= 0.3 is 0 Å². The van der Waals surface area contributed by atoms with Gasteiger partial charge in [0.15, 0.2) is 5.58 Å². The van der Waals surface area contributed by atoms with Gasteiger partial charge in [0.05, 0.1) is 23.0 Å². The maximum Gasteiger partial charge on any atom is 0.257 e. The quantitative estimate of drug-likeness (QED) is 0.196. The highest BCUT2D eigenvalue weighted by Crippen LogP contribution is 2.35. The number of nitrogens with one attached hydrogen (secondary N) is 1. The van der Waals surface area contributed by atoms with Crippen LogP contribution in [0.25, 0.3) is 22.0 Å². The van der Waals surface area contributed by atoms with Gasteiger partial charge in [-0.1, -0.05) is 65.3 Å². The SMILES string of the molecule is Cc1ccc2cccc(OCc3c(Cl)ccc(N(C)C(=O)CNC(=O)CSc4nc5ccccc5o4)c3Cl)c2n1. The van der Waals surface area contributed by atoms with Crippen LogP contribution in [0.2, 0.25) is 10.0 Å². The number of carbonyl (C=O) groups is 2. The summed E-state index contributed by atoms with van der Waals surface area (Å²) in [4.78, 5) is 35.5. The van der Waals surface area contributed by atoms with E-state index in [0.29, 0.717) is 32.8 Å². The van der Waals surface area contributed by atoms with Crippen molar-refractivity contribution in [2.24, 2.45) is 0 Å². The van der Waals surface area contributed by atoms with Crippen LogP contribution in [-0.4, -0.2) is 41.1 Å². The molecular formula is C29H24Cl2N4O4S. The molecule has 0 aliphatic heterocycles. The summed E-state index contributed by atoms with van der Waals surface area (Å²) < 4.78 is 11.7. The molecule has 2 amide bonds.